The van der Waals surface area contributed by atoms with E-state index in [1.165, 1.54) is 11.6 Å². The van der Waals surface area contributed by atoms with Gasteiger partial charge in [-0.2, -0.15) is 0 Å². The molecule has 1 amide bonds. The number of benzene rings is 2. The average molecular weight is 354 g/mol. The molecule has 2 aromatic rings. The second kappa shape index (κ2) is 8.95. The van der Waals surface area contributed by atoms with Gasteiger partial charge in [0.25, 0.3) is 0 Å². The highest BCUT2D eigenvalue weighted by Gasteiger charge is 2.25. The molecule has 0 saturated carbocycles. The first-order valence-corrected chi connectivity index (χ1v) is 9.42. The largest absolute Gasteiger partial charge is 0.355 e. The number of halogens is 1. The zero-order chi connectivity index (χ0) is 18.4. The average Bonchev–Trinajstić information content (AvgIpc) is 2.69. The van der Waals surface area contributed by atoms with E-state index in [9.17, 15) is 9.18 Å². The van der Waals surface area contributed by atoms with Crippen LogP contribution in [0, 0.1) is 11.7 Å². The summed E-state index contributed by atoms with van der Waals surface area (Å²) in [7, 11) is 0. The molecule has 1 aliphatic heterocycles. The number of carbonyl (C=O) groups excluding carboxylic acids is 1. The molecular weight excluding hydrogens is 327 g/mol. The third-order valence-corrected chi connectivity index (χ3v) is 5.26. The number of hydrogen-bond donors (Lipinski definition) is 1. The number of carbonyl (C=O) groups is 1. The van der Waals surface area contributed by atoms with Crippen LogP contribution in [-0.4, -0.2) is 30.4 Å². The highest BCUT2D eigenvalue weighted by Crippen LogP contribution is 2.21. The highest BCUT2D eigenvalue weighted by atomic mass is 19.1. The minimum absolute atomic E-state index is 0.0647. The molecule has 3 rings (SSSR count). The summed E-state index contributed by atoms with van der Waals surface area (Å²) >= 11 is 0. The van der Waals surface area contributed by atoms with Crippen molar-refractivity contribution in [3.8, 4) is 0 Å². The van der Waals surface area contributed by atoms with Crippen LogP contribution in [0.1, 0.15) is 36.8 Å². The lowest BCUT2D eigenvalue weighted by molar-refractivity contribution is -0.126. The predicted octanol–water partition coefficient (Wildman–Crippen LogP) is 3.96. The fraction of sp³-hybridized carbons (Fsp3) is 0.409. The summed E-state index contributed by atoms with van der Waals surface area (Å²) in [5, 5.41) is 3.11. The Balaban J connectivity index is 1.43. The normalized spacial score (nSPS) is 17.0. The van der Waals surface area contributed by atoms with Gasteiger partial charge in [0, 0.05) is 24.6 Å². The first-order valence-electron chi connectivity index (χ1n) is 9.42. The maximum atomic E-state index is 13.8. The number of nitrogens with one attached hydrogen (secondary N) is 1. The fourth-order valence-electron chi connectivity index (χ4n) is 3.52. The van der Waals surface area contributed by atoms with Crippen LogP contribution in [0.15, 0.2) is 54.6 Å². The van der Waals surface area contributed by atoms with Gasteiger partial charge in [-0.05, 0) is 43.5 Å². The van der Waals surface area contributed by atoms with E-state index in [2.05, 4.69) is 29.3 Å². The van der Waals surface area contributed by atoms with Crippen LogP contribution in [0.3, 0.4) is 0 Å². The molecule has 0 bridgehead atoms. The van der Waals surface area contributed by atoms with Crippen LogP contribution in [-0.2, 0) is 11.3 Å². The molecular formula is C22H27FN2O. The lowest BCUT2D eigenvalue weighted by Crippen LogP contribution is -2.41. The van der Waals surface area contributed by atoms with Crippen LogP contribution in [0.25, 0.3) is 0 Å². The standard InChI is InChI=1S/C22H27FN2O/c1-17(18-7-3-2-4-8-18)15-24-22(26)19-11-13-25(14-12-19)16-20-9-5-6-10-21(20)23/h2-10,17,19H,11-16H2,1H3,(H,24,26). The second-order valence-corrected chi connectivity index (χ2v) is 7.20. The van der Waals surface area contributed by atoms with Crippen LogP contribution in [0.4, 0.5) is 4.39 Å². The van der Waals surface area contributed by atoms with Crippen molar-refractivity contribution in [1.82, 2.24) is 10.2 Å². The number of nitrogens with zero attached hydrogens (tertiary/aromatic N) is 1. The first-order chi connectivity index (χ1) is 12.6. The van der Waals surface area contributed by atoms with Crippen molar-refractivity contribution in [2.75, 3.05) is 19.6 Å². The van der Waals surface area contributed by atoms with E-state index in [0.29, 0.717) is 19.0 Å². The second-order valence-electron chi connectivity index (χ2n) is 7.20. The number of amides is 1. The Bertz CT molecular complexity index is 711. The van der Waals surface area contributed by atoms with Crippen LogP contribution >= 0.6 is 0 Å². The van der Waals surface area contributed by atoms with Crippen LogP contribution in [0.2, 0.25) is 0 Å². The highest BCUT2D eigenvalue weighted by molar-refractivity contribution is 5.78. The lowest BCUT2D eigenvalue weighted by atomic mass is 9.95. The van der Waals surface area contributed by atoms with Crippen molar-refractivity contribution in [3.05, 3.63) is 71.5 Å². The Labute approximate surface area is 155 Å². The quantitative estimate of drug-likeness (QED) is 0.852. The van der Waals surface area contributed by atoms with Crippen molar-refractivity contribution in [3.63, 3.8) is 0 Å². The lowest BCUT2D eigenvalue weighted by Gasteiger charge is -2.31. The number of likely N-dealkylation sites (tertiary alicyclic amines) is 1. The van der Waals surface area contributed by atoms with Gasteiger partial charge in [-0.25, -0.2) is 4.39 Å². The molecule has 1 atom stereocenters. The third-order valence-electron chi connectivity index (χ3n) is 5.26. The summed E-state index contributed by atoms with van der Waals surface area (Å²) in [5.74, 6) is 0.372. The predicted molar refractivity (Wildman–Crippen MR) is 102 cm³/mol. The molecule has 0 radical (unpaired) electrons. The van der Waals surface area contributed by atoms with E-state index >= 15 is 0 Å². The topological polar surface area (TPSA) is 32.3 Å². The van der Waals surface area contributed by atoms with E-state index < -0.39 is 0 Å². The number of rotatable bonds is 6. The van der Waals surface area contributed by atoms with Gasteiger partial charge in [-0.3, -0.25) is 9.69 Å². The monoisotopic (exact) mass is 354 g/mol. The van der Waals surface area contributed by atoms with E-state index in [1.807, 2.05) is 30.3 Å². The molecule has 2 aromatic carbocycles. The summed E-state index contributed by atoms with van der Waals surface area (Å²) in [6, 6.07) is 17.2. The molecule has 1 N–H and O–H groups in total. The Kier molecular flexibility index (Phi) is 6.40. The molecule has 1 fully saturated rings. The van der Waals surface area contributed by atoms with Crippen molar-refractivity contribution >= 4 is 5.91 Å². The maximum absolute atomic E-state index is 13.8. The minimum Gasteiger partial charge on any atom is -0.355 e. The van der Waals surface area contributed by atoms with Gasteiger partial charge in [0.05, 0.1) is 0 Å². The zero-order valence-corrected chi connectivity index (χ0v) is 15.3. The molecule has 1 heterocycles. The van der Waals surface area contributed by atoms with Crippen molar-refractivity contribution in [2.45, 2.75) is 32.2 Å². The Morgan fingerprint density at radius 3 is 2.46 bits per heavy atom. The van der Waals surface area contributed by atoms with Gasteiger partial charge in [-0.1, -0.05) is 55.5 Å². The number of piperidine rings is 1. The van der Waals surface area contributed by atoms with Gasteiger partial charge in [0.15, 0.2) is 0 Å². The molecule has 0 aromatic heterocycles. The maximum Gasteiger partial charge on any atom is 0.223 e. The van der Waals surface area contributed by atoms with E-state index in [4.69, 9.17) is 0 Å². The van der Waals surface area contributed by atoms with Gasteiger partial charge in [-0.15, -0.1) is 0 Å². The SMILES string of the molecule is CC(CNC(=O)C1CCN(Cc2ccccc2F)CC1)c1ccccc1. The van der Waals surface area contributed by atoms with Crippen molar-refractivity contribution in [1.29, 1.82) is 0 Å². The van der Waals surface area contributed by atoms with Gasteiger partial charge >= 0.3 is 0 Å². The van der Waals surface area contributed by atoms with E-state index in [0.717, 1.165) is 31.5 Å². The summed E-state index contributed by atoms with van der Waals surface area (Å²) in [5.41, 5.74) is 1.97. The van der Waals surface area contributed by atoms with Gasteiger partial charge in [0.1, 0.15) is 5.82 Å². The smallest absolute Gasteiger partial charge is 0.223 e. The van der Waals surface area contributed by atoms with Crippen molar-refractivity contribution in [2.24, 2.45) is 5.92 Å². The molecule has 138 valence electrons. The summed E-state index contributed by atoms with van der Waals surface area (Å²) in [6.07, 6.45) is 1.67. The molecule has 0 spiro atoms. The molecule has 1 saturated heterocycles. The fourth-order valence-corrected chi connectivity index (χ4v) is 3.52. The van der Waals surface area contributed by atoms with Crippen LogP contribution < -0.4 is 5.32 Å². The Morgan fingerprint density at radius 2 is 1.77 bits per heavy atom. The summed E-state index contributed by atoms with van der Waals surface area (Å²) in [6.45, 7) is 5.08. The zero-order valence-electron chi connectivity index (χ0n) is 15.3. The summed E-state index contributed by atoms with van der Waals surface area (Å²) in [4.78, 5) is 14.7. The molecule has 1 aliphatic rings. The first kappa shape index (κ1) is 18.6. The van der Waals surface area contributed by atoms with Gasteiger partial charge in [0.2, 0.25) is 5.91 Å². The van der Waals surface area contributed by atoms with Gasteiger partial charge < -0.3 is 5.32 Å². The van der Waals surface area contributed by atoms with Crippen LogP contribution in [0.5, 0.6) is 0 Å². The molecule has 4 heteroatoms. The minimum atomic E-state index is -0.151. The molecule has 3 nitrogen and oxygen atoms in total. The van der Waals surface area contributed by atoms with Crippen molar-refractivity contribution < 1.29 is 9.18 Å². The number of hydrogen-bond acceptors (Lipinski definition) is 2. The Morgan fingerprint density at radius 1 is 1.12 bits per heavy atom. The molecule has 26 heavy (non-hydrogen) atoms. The van der Waals surface area contributed by atoms with E-state index in [1.54, 1.807) is 6.07 Å². The third kappa shape index (κ3) is 4.92. The Hall–Kier alpha value is -2.20. The molecule has 1 unspecified atom stereocenters. The summed E-state index contributed by atoms with van der Waals surface area (Å²) < 4.78 is 13.8. The molecule has 0 aliphatic carbocycles. The van der Waals surface area contributed by atoms with E-state index in [-0.39, 0.29) is 17.6 Å².